The third-order valence-corrected chi connectivity index (χ3v) is 4.38. The van der Waals surface area contributed by atoms with Gasteiger partial charge in [0.2, 0.25) is 0 Å². The Kier molecular flexibility index (Phi) is 8.70. The van der Waals surface area contributed by atoms with E-state index < -0.39 is 6.36 Å². The van der Waals surface area contributed by atoms with Gasteiger partial charge in [-0.1, -0.05) is 67.0 Å². The number of nitrogens with two attached hydrogens (primary N) is 1. The second-order valence-electron chi connectivity index (χ2n) is 6.81. The molecule has 0 aliphatic carbocycles. The number of benzene rings is 3. The van der Waals surface area contributed by atoms with Crippen molar-refractivity contribution in [3.63, 3.8) is 0 Å². The van der Waals surface area contributed by atoms with E-state index in [-0.39, 0.29) is 5.75 Å². The molecule has 3 rings (SSSR count). The smallest absolute Gasteiger partial charge is 0.406 e. The fourth-order valence-electron chi connectivity index (χ4n) is 2.92. The van der Waals surface area contributed by atoms with E-state index in [1.54, 1.807) is 24.3 Å². The molecule has 7 heteroatoms. The largest absolute Gasteiger partial charge is 0.573 e. The van der Waals surface area contributed by atoms with Crippen LogP contribution in [-0.2, 0) is 11.4 Å². The van der Waals surface area contributed by atoms with Crippen molar-refractivity contribution in [1.29, 1.82) is 0 Å². The molecule has 3 aromatic carbocycles. The molecule has 2 N–H and O–H groups in total. The molecule has 0 amide bonds. The quantitative estimate of drug-likeness (QED) is 0.250. The third-order valence-electron chi connectivity index (χ3n) is 4.38. The van der Waals surface area contributed by atoms with Crippen molar-refractivity contribution < 1.29 is 22.7 Å². The van der Waals surface area contributed by atoms with Gasteiger partial charge in [-0.2, -0.15) is 0 Å². The van der Waals surface area contributed by atoms with Crippen LogP contribution in [0.3, 0.4) is 0 Å². The topological polar surface area (TPSA) is 56.8 Å². The van der Waals surface area contributed by atoms with Gasteiger partial charge in [0.1, 0.15) is 12.4 Å². The molecule has 32 heavy (non-hydrogen) atoms. The molecule has 170 valence electrons. The van der Waals surface area contributed by atoms with Gasteiger partial charge < -0.3 is 15.3 Å². The molecule has 0 saturated carbocycles. The monoisotopic (exact) mass is 444 g/mol. The summed E-state index contributed by atoms with van der Waals surface area (Å²) in [5, 5.41) is 4.21. The number of rotatable bonds is 6. The number of nitrogen functional groups attached to an aromatic ring is 1. The molecule has 0 aromatic heterocycles. The third kappa shape index (κ3) is 7.34. The van der Waals surface area contributed by atoms with Crippen molar-refractivity contribution in [3.8, 4) is 16.9 Å². The first-order valence-electron chi connectivity index (χ1n) is 10.2. The van der Waals surface area contributed by atoms with Crippen LogP contribution in [0.15, 0.2) is 71.9 Å². The number of halogens is 3. The van der Waals surface area contributed by atoms with E-state index in [2.05, 4.69) is 9.89 Å². The first kappa shape index (κ1) is 24.8. The molecule has 0 aliphatic heterocycles. The summed E-state index contributed by atoms with van der Waals surface area (Å²) >= 11 is 0. The predicted molar refractivity (Wildman–Crippen MR) is 123 cm³/mol. The number of alkyl halides is 3. The Morgan fingerprint density at radius 3 is 2.16 bits per heavy atom. The van der Waals surface area contributed by atoms with Gasteiger partial charge in [-0.05, 0) is 54.8 Å². The maximum Gasteiger partial charge on any atom is 0.573 e. The summed E-state index contributed by atoms with van der Waals surface area (Å²) in [6, 6.07) is 18.9. The standard InChI is InChI=1S/C23H21F3N2O2.C2H6/c1-15-3-12-21(16(2)28-29-14-17-4-8-19(27)9-5-17)22(13-15)18-6-10-20(11-7-18)30-23(24,25)26;1-2/h3-13H,14,27H2,1-2H3;1-2H3/b28-16+;. The minimum Gasteiger partial charge on any atom is -0.406 e. The fraction of sp³-hybridized carbons (Fsp3) is 0.240. The summed E-state index contributed by atoms with van der Waals surface area (Å²) in [6.45, 7) is 8.05. The molecule has 0 bridgehead atoms. The molecular formula is C25H27F3N2O2. The van der Waals surface area contributed by atoms with E-state index in [0.29, 0.717) is 18.0 Å². The molecular weight excluding hydrogens is 417 g/mol. The average Bonchev–Trinajstić information content (AvgIpc) is 2.76. The van der Waals surface area contributed by atoms with Gasteiger partial charge in [0, 0.05) is 11.3 Å². The van der Waals surface area contributed by atoms with Crippen LogP contribution in [0.2, 0.25) is 0 Å². The minimum atomic E-state index is -4.72. The average molecular weight is 444 g/mol. The van der Waals surface area contributed by atoms with Gasteiger partial charge in [0.05, 0.1) is 5.71 Å². The zero-order valence-corrected chi connectivity index (χ0v) is 18.5. The fourth-order valence-corrected chi connectivity index (χ4v) is 2.92. The number of aryl methyl sites for hydroxylation is 1. The highest BCUT2D eigenvalue weighted by Crippen LogP contribution is 2.29. The van der Waals surface area contributed by atoms with Crippen molar-refractivity contribution in [1.82, 2.24) is 0 Å². The van der Waals surface area contributed by atoms with E-state index in [1.165, 1.54) is 12.1 Å². The lowest BCUT2D eigenvalue weighted by molar-refractivity contribution is -0.274. The summed E-state index contributed by atoms with van der Waals surface area (Å²) in [4.78, 5) is 5.47. The molecule has 0 saturated heterocycles. The SMILES string of the molecule is C/C(=N\OCc1ccc(N)cc1)c1ccc(C)cc1-c1ccc(OC(F)(F)F)cc1.CC. The van der Waals surface area contributed by atoms with E-state index >= 15 is 0 Å². The zero-order chi connectivity index (χ0) is 23.7. The lowest BCUT2D eigenvalue weighted by atomic mass is 9.95. The molecule has 0 unspecified atom stereocenters. The summed E-state index contributed by atoms with van der Waals surface area (Å²) < 4.78 is 41.1. The lowest BCUT2D eigenvalue weighted by Gasteiger charge is -2.13. The number of hydrogen-bond donors (Lipinski definition) is 1. The lowest BCUT2D eigenvalue weighted by Crippen LogP contribution is -2.16. The highest BCUT2D eigenvalue weighted by atomic mass is 19.4. The van der Waals surface area contributed by atoms with Crippen molar-refractivity contribution in [2.45, 2.75) is 40.7 Å². The molecule has 0 aliphatic rings. The second-order valence-corrected chi connectivity index (χ2v) is 6.81. The number of hydrogen-bond acceptors (Lipinski definition) is 4. The van der Waals surface area contributed by atoms with Crippen molar-refractivity contribution in [2.75, 3.05) is 5.73 Å². The van der Waals surface area contributed by atoms with E-state index in [9.17, 15) is 13.2 Å². The van der Waals surface area contributed by atoms with Crippen LogP contribution in [0.1, 0.15) is 37.5 Å². The number of ether oxygens (including phenoxy) is 1. The van der Waals surface area contributed by atoms with Gasteiger partial charge in [0.25, 0.3) is 0 Å². The Labute approximate surface area is 186 Å². The Balaban J connectivity index is 0.00000176. The van der Waals surface area contributed by atoms with Gasteiger partial charge in [0.15, 0.2) is 0 Å². The van der Waals surface area contributed by atoms with E-state index in [1.807, 2.05) is 58.0 Å². The van der Waals surface area contributed by atoms with Crippen LogP contribution < -0.4 is 10.5 Å². The Hall–Kier alpha value is -3.48. The molecule has 0 fully saturated rings. The first-order chi connectivity index (χ1) is 15.2. The predicted octanol–water partition coefficient (Wildman–Crippen LogP) is 7.11. The summed E-state index contributed by atoms with van der Waals surface area (Å²) in [5.74, 6) is -0.266. The Bertz CT molecular complexity index is 1030. The molecule has 0 heterocycles. The van der Waals surface area contributed by atoms with Crippen LogP contribution in [0.25, 0.3) is 11.1 Å². The normalized spacial score (nSPS) is 11.4. The van der Waals surface area contributed by atoms with Gasteiger partial charge in [-0.25, -0.2) is 0 Å². The highest BCUT2D eigenvalue weighted by Gasteiger charge is 2.31. The van der Waals surface area contributed by atoms with Gasteiger partial charge >= 0.3 is 6.36 Å². The van der Waals surface area contributed by atoms with E-state index in [4.69, 9.17) is 10.6 Å². The van der Waals surface area contributed by atoms with Crippen LogP contribution in [0, 0.1) is 6.92 Å². The molecule has 4 nitrogen and oxygen atoms in total. The van der Waals surface area contributed by atoms with Crippen molar-refractivity contribution >= 4 is 11.4 Å². The summed E-state index contributed by atoms with van der Waals surface area (Å²) in [6.07, 6.45) is -4.72. The van der Waals surface area contributed by atoms with Gasteiger partial charge in [-0.3, -0.25) is 0 Å². The van der Waals surface area contributed by atoms with Crippen LogP contribution in [0.4, 0.5) is 18.9 Å². The van der Waals surface area contributed by atoms with Crippen LogP contribution in [-0.4, -0.2) is 12.1 Å². The molecule has 0 spiro atoms. The maximum absolute atomic E-state index is 12.4. The van der Waals surface area contributed by atoms with Crippen LogP contribution >= 0.6 is 0 Å². The maximum atomic E-state index is 12.4. The zero-order valence-electron chi connectivity index (χ0n) is 18.5. The Morgan fingerprint density at radius 2 is 1.56 bits per heavy atom. The van der Waals surface area contributed by atoms with E-state index in [0.717, 1.165) is 27.8 Å². The second kappa shape index (κ2) is 11.2. The first-order valence-corrected chi connectivity index (χ1v) is 10.2. The van der Waals surface area contributed by atoms with Gasteiger partial charge in [-0.15, -0.1) is 13.2 Å². The summed E-state index contributed by atoms with van der Waals surface area (Å²) in [5.41, 5.74) is 11.4. The van der Waals surface area contributed by atoms with Crippen molar-refractivity contribution in [2.24, 2.45) is 5.16 Å². The Morgan fingerprint density at radius 1 is 0.938 bits per heavy atom. The minimum absolute atomic E-state index is 0.266. The number of nitrogens with zero attached hydrogens (tertiary/aromatic N) is 1. The number of anilines is 1. The molecule has 0 radical (unpaired) electrons. The molecule has 3 aromatic rings. The molecule has 0 atom stereocenters. The highest BCUT2D eigenvalue weighted by molar-refractivity contribution is 6.04. The summed E-state index contributed by atoms with van der Waals surface area (Å²) in [7, 11) is 0. The number of oxime groups is 1. The van der Waals surface area contributed by atoms with Crippen molar-refractivity contribution in [3.05, 3.63) is 83.4 Å². The van der Waals surface area contributed by atoms with Crippen LogP contribution in [0.5, 0.6) is 5.75 Å².